The summed E-state index contributed by atoms with van der Waals surface area (Å²) in [6, 6.07) is 0.587. The van der Waals surface area contributed by atoms with Crippen LogP contribution in [-0.2, 0) is 0 Å². The molecule has 116 valence electrons. The molecular weight excluding hydrogens is 298 g/mol. The lowest BCUT2D eigenvalue weighted by Gasteiger charge is -2.42. The summed E-state index contributed by atoms with van der Waals surface area (Å²) in [6.07, 6.45) is 10.4. The van der Waals surface area contributed by atoms with Crippen LogP contribution >= 0.6 is 11.6 Å². The molecule has 0 spiro atoms. The van der Waals surface area contributed by atoms with Crippen LogP contribution in [0.4, 0.5) is 0 Å². The van der Waals surface area contributed by atoms with E-state index in [0.29, 0.717) is 17.1 Å². The molecule has 1 saturated carbocycles. The molecule has 1 aliphatic carbocycles. The molecule has 1 aromatic heterocycles. The van der Waals surface area contributed by atoms with E-state index in [1.165, 1.54) is 12.8 Å². The molecule has 1 aromatic rings. The van der Waals surface area contributed by atoms with E-state index in [9.17, 15) is 0 Å². The minimum absolute atomic E-state index is 0.252. The zero-order valence-corrected chi connectivity index (χ0v) is 13.7. The number of aliphatic imine (C=N–C) groups is 1. The molecule has 22 heavy (non-hydrogen) atoms. The summed E-state index contributed by atoms with van der Waals surface area (Å²) in [5.41, 5.74) is 1.07. The summed E-state index contributed by atoms with van der Waals surface area (Å²) >= 11 is 6.31. The molecule has 1 fully saturated rings. The van der Waals surface area contributed by atoms with Crippen LogP contribution in [0.2, 0.25) is 0 Å². The number of amidine groups is 1. The highest BCUT2D eigenvalue weighted by Crippen LogP contribution is 2.48. The minimum atomic E-state index is 0.252. The van der Waals surface area contributed by atoms with Gasteiger partial charge in [0.2, 0.25) is 0 Å². The van der Waals surface area contributed by atoms with Gasteiger partial charge in [-0.15, -0.1) is 10.2 Å². The van der Waals surface area contributed by atoms with Gasteiger partial charge in [-0.25, -0.2) is 4.99 Å². The number of rotatable bonds is 2. The van der Waals surface area contributed by atoms with E-state index >= 15 is 0 Å². The molecule has 0 aromatic carbocycles. The molecule has 4 rings (SSSR count). The minimum Gasteiger partial charge on any atom is -0.342 e. The summed E-state index contributed by atoms with van der Waals surface area (Å²) in [4.78, 5) is 7.11. The van der Waals surface area contributed by atoms with Crippen molar-refractivity contribution in [1.29, 1.82) is 0 Å². The molecular formula is C16H20ClN5. The van der Waals surface area contributed by atoms with Crippen molar-refractivity contribution in [2.24, 2.45) is 10.9 Å². The Morgan fingerprint density at radius 1 is 1.23 bits per heavy atom. The number of fused-ring (bicyclic) bond motifs is 3. The van der Waals surface area contributed by atoms with Crippen molar-refractivity contribution < 1.29 is 0 Å². The fourth-order valence-corrected chi connectivity index (χ4v) is 3.61. The van der Waals surface area contributed by atoms with Gasteiger partial charge in [0, 0.05) is 6.04 Å². The van der Waals surface area contributed by atoms with Crippen molar-refractivity contribution in [3.05, 3.63) is 29.5 Å². The maximum Gasteiger partial charge on any atom is 0.160 e. The first-order chi connectivity index (χ1) is 10.7. The van der Waals surface area contributed by atoms with Crippen molar-refractivity contribution >= 4 is 23.1 Å². The van der Waals surface area contributed by atoms with E-state index in [1.807, 2.05) is 12.4 Å². The van der Waals surface area contributed by atoms with Crippen LogP contribution in [0, 0.1) is 5.92 Å². The molecule has 3 heterocycles. The Kier molecular flexibility index (Phi) is 3.33. The molecule has 2 aliphatic heterocycles. The van der Waals surface area contributed by atoms with Gasteiger partial charge in [0.25, 0.3) is 0 Å². The third kappa shape index (κ3) is 2.19. The molecule has 5 nitrogen and oxygen atoms in total. The number of hydrogen-bond donors (Lipinski definition) is 0. The predicted molar refractivity (Wildman–Crippen MR) is 87.3 cm³/mol. The number of halogens is 1. The Morgan fingerprint density at radius 3 is 2.73 bits per heavy atom. The first-order valence-corrected chi connectivity index (χ1v) is 8.38. The standard InChI is InChI=1S/C16H20ClN5/c1-10(2)22-14(11-7-8-11)16-20-18-9-21(16)12-5-3-4-6-13(17)19-15(12)22/h5-6,9-11,14H,3-4,7-8H2,1-2H3. The third-order valence-corrected chi connectivity index (χ3v) is 4.77. The Labute approximate surface area is 135 Å². The molecule has 3 aliphatic rings. The lowest BCUT2D eigenvalue weighted by Crippen LogP contribution is -2.47. The first-order valence-electron chi connectivity index (χ1n) is 8.00. The fraction of sp³-hybridized carbons (Fsp3) is 0.562. The van der Waals surface area contributed by atoms with Crippen molar-refractivity contribution in [2.75, 3.05) is 0 Å². The maximum atomic E-state index is 6.31. The van der Waals surface area contributed by atoms with Crippen molar-refractivity contribution in [1.82, 2.24) is 19.7 Å². The van der Waals surface area contributed by atoms with Crippen LogP contribution in [-0.4, -0.2) is 31.5 Å². The van der Waals surface area contributed by atoms with Gasteiger partial charge in [-0.1, -0.05) is 17.7 Å². The normalized spacial score (nSPS) is 24.8. The number of aromatic nitrogens is 3. The first kappa shape index (κ1) is 14.0. The van der Waals surface area contributed by atoms with Crippen LogP contribution in [0.25, 0.3) is 5.70 Å². The smallest absolute Gasteiger partial charge is 0.160 e. The van der Waals surface area contributed by atoms with Crippen LogP contribution in [0.1, 0.15) is 51.4 Å². The zero-order chi connectivity index (χ0) is 15.3. The van der Waals surface area contributed by atoms with Crippen LogP contribution < -0.4 is 0 Å². The SMILES string of the molecule is CC(C)N1C2=NC(Cl)=CCCC=C2n2cnnc2C1C1CC1. The quantitative estimate of drug-likeness (QED) is 0.783. The van der Waals surface area contributed by atoms with Crippen LogP contribution in [0.5, 0.6) is 0 Å². The van der Waals surface area contributed by atoms with Gasteiger partial charge in [-0.2, -0.15) is 0 Å². The number of nitrogens with zero attached hydrogens (tertiary/aromatic N) is 5. The van der Waals surface area contributed by atoms with E-state index in [-0.39, 0.29) is 6.04 Å². The molecule has 1 atom stereocenters. The van der Waals surface area contributed by atoms with Crippen molar-refractivity contribution in [2.45, 2.75) is 51.6 Å². The van der Waals surface area contributed by atoms with Gasteiger partial charge in [0.1, 0.15) is 11.5 Å². The Balaban J connectivity index is 1.93. The molecule has 0 saturated heterocycles. The molecule has 1 unspecified atom stereocenters. The highest BCUT2D eigenvalue weighted by Gasteiger charge is 2.45. The lowest BCUT2D eigenvalue weighted by atomic mass is 10.0. The van der Waals surface area contributed by atoms with Gasteiger partial charge >= 0.3 is 0 Å². The summed E-state index contributed by atoms with van der Waals surface area (Å²) in [7, 11) is 0. The highest BCUT2D eigenvalue weighted by molar-refractivity contribution is 6.31. The van der Waals surface area contributed by atoms with Crippen LogP contribution in [0.3, 0.4) is 0 Å². The molecule has 0 amide bonds. The van der Waals surface area contributed by atoms with Crippen molar-refractivity contribution in [3.8, 4) is 0 Å². The topological polar surface area (TPSA) is 46.3 Å². The summed E-state index contributed by atoms with van der Waals surface area (Å²) < 4.78 is 2.11. The van der Waals surface area contributed by atoms with Gasteiger partial charge in [-0.3, -0.25) is 4.57 Å². The lowest BCUT2D eigenvalue weighted by molar-refractivity contribution is 0.222. The molecule has 6 heteroatoms. The second kappa shape index (κ2) is 5.23. The van der Waals surface area contributed by atoms with Crippen molar-refractivity contribution in [3.63, 3.8) is 0 Å². The molecule has 0 radical (unpaired) electrons. The third-order valence-electron chi connectivity index (χ3n) is 4.53. The Morgan fingerprint density at radius 2 is 2.00 bits per heavy atom. The van der Waals surface area contributed by atoms with E-state index in [4.69, 9.17) is 16.6 Å². The fourth-order valence-electron chi connectivity index (χ4n) is 3.42. The second-order valence-electron chi connectivity index (χ2n) is 6.47. The average Bonchev–Trinajstić information content (AvgIpc) is 3.18. The Bertz CT molecular complexity index is 680. The molecule has 0 N–H and O–H groups in total. The highest BCUT2D eigenvalue weighted by atomic mass is 35.5. The summed E-state index contributed by atoms with van der Waals surface area (Å²) in [6.45, 7) is 4.41. The van der Waals surface area contributed by atoms with Gasteiger partial charge in [0.05, 0.1) is 11.7 Å². The largest absolute Gasteiger partial charge is 0.342 e. The predicted octanol–water partition coefficient (Wildman–Crippen LogP) is 3.57. The zero-order valence-electron chi connectivity index (χ0n) is 12.9. The Hall–Kier alpha value is -1.62. The van der Waals surface area contributed by atoms with Gasteiger partial charge in [-0.05, 0) is 51.5 Å². The second-order valence-corrected chi connectivity index (χ2v) is 6.86. The monoisotopic (exact) mass is 317 g/mol. The van der Waals surface area contributed by atoms with Crippen LogP contribution in [0.15, 0.2) is 28.6 Å². The van der Waals surface area contributed by atoms with E-state index < -0.39 is 0 Å². The number of allylic oxidation sites excluding steroid dienone is 2. The summed E-state index contributed by atoms with van der Waals surface area (Å²) in [5, 5.41) is 9.17. The van der Waals surface area contributed by atoms with E-state index in [1.54, 1.807) is 0 Å². The van der Waals surface area contributed by atoms with E-state index in [2.05, 4.69) is 39.6 Å². The number of hydrogen-bond acceptors (Lipinski definition) is 4. The van der Waals surface area contributed by atoms with Gasteiger partial charge < -0.3 is 4.90 Å². The van der Waals surface area contributed by atoms with Gasteiger partial charge in [0.15, 0.2) is 11.7 Å². The molecule has 0 bridgehead atoms. The maximum absolute atomic E-state index is 6.31. The average molecular weight is 318 g/mol. The summed E-state index contributed by atoms with van der Waals surface area (Å²) in [5.74, 6) is 2.64. The van der Waals surface area contributed by atoms with E-state index in [0.717, 1.165) is 30.2 Å².